The maximum atomic E-state index is 13.5. The highest BCUT2D eigenvalue weighted by Crippen LogP contribution is 2.52. The molecule has 4 aromatic carbocycles. The Morgan fingerprint density at radius 1 is 0.768 bits per heavy atom. The summed E-state index contributed by atoms with van der Waals surface area (Å²) >= 11 is 0.578. The molecule has 4 heterocycles. The molecule has 0 fully saturated rings. The summed E-state index contributed by atoms with van der Waals surface area (Å²) in [5, 5.41) is 18.5. The fourth-order valence-electron chi connectivity index (χ4n) is 10.3. The van der Waals surface area contributed by atoms with E-state index >= 15 is 0 Å². The molecular formula is C52H57N8O16S6+. The van der Waals surface area contributed by atoms with Crippen molar-refractivity contribution < 1.29 is 74.5 Å². The van der Waals surface area contributed by atoms with Crippen molar-refractivity contribution in [2.45, 2.75) is 96.6 Å². The molecule has 0 aliphatic carbocycles. The molecule has 2 amide bonds. The van der Waals surface area contributed by atoms with Crippen molar-refractivity contribution in [2.24, 2.45) is 5.14 Å². The van der Waals surface area contributed by atoms with Crippen LogP contribution in [0, 0.1) is 0 Å². The lowest BCUT2D eigenvalue weighted by Crippen LogP contribution is -2.28. The van der Waals surface area contributed by atoms with Gasteiger partial charge in [0.05, 0.1) is 32.2 Å². The first-order chi connectivity index (χ1) is 38.1. The van der Waals surface area contributed by atoms with Crippen LogP contribution in [0.25, 0.3) is 27.1 Å². The summed E-state index contributed by atoms with van der Waals surface area (Å²) in [4.78, 5) is 30.5. The third-order valence-corrected chi connectivity index (χ3v) is 19.6. The second-order valence-corrected chi connectivity index (χ2v) is 29.0. The maximum Gasteiger partial charge on any atom is 0.295 e. The Hall–Kier alpha value is -6.71. The van der Waals surface area contributed by atoms with E-state index in [-0.39, 0.29) is 58.7 Å². The smallest absolute Gasteiger partial charge is 0.295 e. The molecule has 2 aromatic heterocycles. The Morgan fingerprint density at radius 2 is 1.46 bits per heavy atom. The molecule has 0 spiro atoms. The number of carbonyl (C=O) groups is 2. The molecule has 2 aliphatic rings. The number of carbonyl (C=O) groups excluding carboxylic acids is 2. The third kappa shape index (κ3) is 13.1. The number of hydrogen-bond donors (Lipinski definition) is 7. The van der Waals surface area contributed by atoms with Gasteiger partial charge in [-0.2, -0.15) is 38.2 Å². The Kier molecular flexibility index (Phi) is 17.1. The lowest BCUT2D eigenvalue weighted by Gasteiger charge is -2.27. The molecule has 0 radical (unpaired) electrons. The number of primary sulfonamides is 1. The van der Waals surface area contributed by atoms with E-state index in [9.17, 15) is 69.9 Å². The minimum atomic E-state index is -5.10. The van der Waals surface area contributed by atoms with E-state index in [1.807, 2.05) is 39.0 Å². The monoisotopic (exact) mass is 1240 g/mol. The number of amides is 2. The number of unbranched alkanes of at least 4 members (excludes halogenated alkanes) is 1. The normalized spacial score (nSPS) is 16.1. The first-order valence-corrected chi connectivity index (χ1v) is 33.4. The Bertz CT molecular complexity index is 4350. The molecule has 0 bridgehead atoms. The second kappa shape index (κ2) is 22.8. The number of nitrogens with zero attached hydrogens (tertiary/aromatic N) is 5. The van der Waals surface area contributed by atoms with Crippen molar-refractivity contribution in [1.29, 1.82) is 0 Å². The van der Waals surface area contributed by atoms with E-state index in [0.29, 0.717) is 57.5 Å². The van der Waals surface area contributed by atoms with E-state index in [0.717, 1.165) is 41.3 Å². The molecule has 6 aromatic rings. The SMILES string of the molecule is CCCC[N+]1=C(/C=C/C(=C/C=C2/N(CCCS(=O)(=O)O)c3ccc4c(S(=O)(=O)O)cc(S(=O)(=O)O)cc4c3C2(C)C)c2ccc(C(=O)NCCCC(=O)Nc3nnc(S(N)(=O)=O)s3)cn2)C(C)(C)c2c1ccc1ccc(S(=O)(=O)O)cc21. The van der Waals surface area contributed by atoms with Gasteiger partial charge in [0.25, 0.3) is 56.4 Å². The second-order valence-electron chi connectivity index (χ2n) is 20.4. The summed E-state index contributed by atoms with van der Waals surface area (Å²) < 4.78 is 165. The van der Waals surface area contributed by atoms with Gasteiger partial charge in [0.2, 0.25) is 21.1 Å². The fourth-order valence-corrected chi connectivity index (χ4v) is 14.0. The molecule has 8 rings (SSSR count). The van der Waals surface area contributed by atoms with Crippen molar-refractivity contribution in [3.05, 3.63) is 125 Å². The van der Waals surface area contributed by atoms with Gasteiger partial charge >= 0.3 is 0 Å². The Balaban J connectivity index is 1.22. The number of aromatic nitrogens is 3. The van der Waals surface area contributed by atoms with Gasteiger partial charge in [0, 0.05) is 77.6 Å². The number of allylic oxidation sites excluding steroid dienone is 6. The lowest BCUT2D eigenvalue weighted by molar-refractivity contribution is -0.438. The maximum absolute atomic E-state index is 13.5. The number of rotatable bonds is 21. The summed E-state index contributed by atoms with van der Waals surface area (Å²) in [5.74, 6) is -1.71. The molecule has 24 nitrogen and oxygen atoms in total. The predicted molar refractivity (Wildman–Crippen MR) is 307 cm³/mol. The zero-order chi connectivity index (χ0) is 60.1. The number of nitrogens with two attached hydrogens (primary N) is 1. The highest BCUT2D eigenvalue weighted by molar-refractivity contribution is 7.91. The molecule has 0 unspecified atom stereocenters. The predicted octanol–water partition coefficient (Wildman–Crippen LogP) is 6.55. The summed E-state index contributed by atoms with van der Waals surface area (Å²) in [7, 11) is -23.3. The summed E-state index contributed by atoms with van der Waals surface area (Å²) in [6.07, 6.45) is 9.97. The molecule has 0 atom stereocenters. The summed E-state index contributed by atoms with van der Waals surface area (Å²) in [6.45, 7) is 10.0. The van der Waals surface area contributed by atoms with Crippen LogP contribution in [-0.4, -0.2) is 123 Å². The van der Waals surface area contributed by atoms with Crippen LogP contribution in [0.5, 0.6) is 0 Å². The van der Waals surface area contributed by atoms with Crippen LogP contribution in [0.3, 0.4) is 0 Å². The molecule has 30 heteroatoms. The van der Waals surface area contributed by atoms with Crippen LogP contribution in [0.4, 0.5) is 16.5 Å². The van der Waals surface area contributed by atoms with Crippen molar-refractivity contribution in [1.82, 2.24) is 20.5 Å². The minimum absolute atomic E-state index is 0.0216. The highest BCUT2D eigenvalue weighted by Gasteiger charge is 2.46. The average Bonchev–Trinajstić information content (AvgIpc) is 2.11. The number of pyridine rings is 1. The van der Waals surface area contributed by atoms with Crippen LogP contribution < -0.4 is 20.7 Å². The van der Waals surface area contributed by atoms with Crippen molar-refractivity contribution in [2.75, 3.05) is 35.6 Å². The van der Waals surface area contributed by atoms with Gasteiger partial charge in [0.15, 0.2) is 5.71 Å². The zero-order valence-corrected chi connectivity index (χ0v) is 49.5. The number of benzene rings is 4. The number of nitrogens with one attached hydrogen (secondary N) is 2. The van der Waals surface area contributed by atoms with Crippen molar-refractivity contribution >= 4 is 123 Å². The molecule has 436 valence electrons. The number of hydrogen-bond acceptors (Lipinski definition) is 17. The van der Waals surface area contributed by atoms with E-state index < -0.39 is 93.0 Å². The van der Waals surface area contributed by atoms with E-state index in [1.54, 1.807) is 49.1 Å². The van der Waals surface area contributed by atoms with Crippen LogP contribution in [0.15, 0.2) is 122 Å². The Labute approximate surface area is 477 Å². The van der Waals surface area contributed by atoms with E-state index in [4.69, 9.17) is 10.1 Å². The average molecular weight is 1240 g/mol. The quantitative estimate of drug-likeness (QED) is 0.0132. The fraction of sp³-hybridized carbons (Fsp3) is 0.308. The van der Waals surface area contributed by atoms with Gasteiger partial charge < -0.3 is 15.5 Å². The van der Waals surface area contributed by atoms with Gasteiger partial charge in [-0.05, 0) is 109 Å². The van der Waals surface area contributed by atoms with Gasteiger partial charge in [-0.1, -0.05) is 56.7 Å². The van der Waals surface area contributed by atoms with Crippen LogP contribution in [-0.2, 0) is 66.1 Å². The number of fused-ring (bicyclic) bond motifs is 6. The number of sulfonamides is 1. The first kappa shape index (κ1) is 61.4. The van der Waals surface area contributed by atoms with Gasteiger partial charge in [-0.25, -0.2) is 13.6 Å². The minimum Gasteiger partial charge on any atom is -0.352 e. The highest BCUT2D eigenvalue weighted by atomic mass is 32.3. The van der Waals surface area contributed by atoms with Crippen molar-refractivity contribution in [3.63, 3.8) is 0 Å². The molecule has 0 saturated heterocycles. The molecule has 0 saturated carbocycles. The molecule has 82 heavy (non-hydrogen) atoms. The first-order valence-electron chi connectivity index (χ1n) is 25.1. The van der Waals surface area contributed by atoms with E-state index in [1.165, 1.54) is 36.5 Å². The van der Waals surface area contributed by atoms with Gasteiger partial charge in [0.1, 0.15) is 11.4 Å². The topological polar surface area (TPSA) is 381 Å². The summed E-state index contributed by atoms with van der Waals surface area (Å²) in [5.41, 5.74) is 2.45. The molecular weight excluding hydrogens is 1190 g/mol. The largest absolute Gasteiger partial charge is 0.352 e. The van der Waals surface area contributed by atoms with E-state index in [2.05, 4.69) is 25.4 Å². The van der Waals surface area contributed by atoms with Crippen molar-refractivity contribution in [3.8, 4) is 0 Å². The zero-order valence-electron chi connectivity index (χ0n) is 44.6. The summed E-state index contributed by atoms with van der Waals surface area (Å²) in [6, 6.07) is 15.9. The van der Waals surface area contributed by atoms with Crippen LogP contribution in [0.1, 0.15) is 93.9 Å². The Morgan fingerprint density at radius 3 is 2.09 bits per heavy atom. The lowest BCUT2D eigenvalue weighted by atomic mass is 9.79. The standard InChI is InChI=1S/C52H56N8O16S6/c1-6-7-24-59-40-19-13-31-11-16-34(80(68,69)70)27-37(31)46(40)51(2,3)43(59)21-14-32(39-18-12-33(30-55-39)48(62)54-23-8-10-45(61)56-49-57-58-50(77-49)79(53,66)67)15-22-44-52(4,5)47-38-28-35(81(71,72)73)29-42(82(74,75)76)36(38)17-20-41(47)60(44)25-9-26-78(63,64)65/h11-22,27-30H,6-10,23-26H2,1-5H3,(H7-,53,54,56,57,61,62,63,64,65,66,67,68,69,70,71,72,73,74,75,76)/p+1. The molecule has 2 aliphatic heterocycles. The van der Waals surface area contributed by atoms with Gasteiger partial charge in [-0.3, -0.25) is 32.8 Å². The number of anilines is 2. The third-order valence-electron chi connectivity index (χ3n) is 14.0. The van der Waals surface area contributed by atoms with Gasteiger partial charge in [-0.15, -0.1) is 10.2 Å². The van der Waals surface area contributed by atoms with Crippen LogP contribution in [0.2, 0.25) is 0 Å². The molecule has 8 N–H and O–H groups in total. The van der Waals surface area contributed by atoms with Crippen LogP contribution >= 0.6 is 11.3 Å².